The number of para-hydroxylation sites is 1. The number of amidine groups is 1. The lowest BCUT2D eigenvalue weighted by Crippen LogP contribution is -2.28. The van der Waals surface area contributed by atoms with Crippen LogP contribution in [0.5, 0.6) is 0 Å². The third-order valence-electron chi connectivity index (χ3n) is 2.19. The molecule has 3 N–H and O–H groups in total. The molecule has 1 heterocycles. The van der Waals surface area contributed by atoms with Gasteiger partial charge in [-0.05, 0) is 19.1 Å². The van der Waals surface area contributed by atoms with Crippen molar-refractivity contribution in [1.29, 1.82) is 0 Å². The van der Waals surface area contributed by atoms with Crippen molar-refractivity contribution in [3.63, 3.8) is 0 Å². The predicted octanol–water partition coefficient (Wildman–Crippen LogP) is 0.937. The molecule has 0 amide bonds. The van der Waals surface area contributed by atoms with Gasteiger partial charge in [0.05, 0.1) is 5.69 Å². The molecule has 0 aliphatic carbocycles. The number of rotatable bonds is 2. The van der Waals surface area contributed by atoms with Crippen molar-refractivity contribution in [3.8, 4) is 0 Å². The number of hydrogen-bond acceptors (Lipinski definition) is 4. The van der Waals surface area contributed by atoms with E-state index < -0.39 is 10.0 Å². The van der Waals surface area contributed by atoms with Crippen LogP contribution in [-0.2, 0) is 10.0 Å². The fourth-order valence-corrected chi connectivity index (χ4v) is 2.72. The Hall–Kier alpha value is -1.40. The molecule has 0 fully saturated rings. The maximum absolute atomic E-state index is 11.8. The van der Waals surface area contributed by atoms with Crippen LogP contribution in [0.3, 0.4) is 0 Å². The van der Waals surface area contributed by atoms with E-state index in [-0.39, 0.29) is 10.9 Å². The molecule has 16 heavy (non-hydrogen) atoms. The average molecular weight is 239 g/mol. The number of nitrogens with one attached hydrogen (secondary N) is 1. The summed E-state index contributed by atoms with van der Waals surface area (Å²) in [6, 6.07) is 6.55. The maximum Gasteiger partial charge on any atom is 0.286 e. The van der Waals surface area contributed by atoms with Gasteiger partial charge in [-0.2, -0.15) is 8.42 Å². The minimum Gasteiger partial charge on any atom is -0.342 e. The number of sulfonamides is 1. The third kappa shape index (κ3) is 2.07. The molecule has 0 saturated heterocycles. The van der Waals surface area contributed by atoms with E-state index in [1.54, 1.807) is 25.1 Å². The highest BCUT2D eigenvalue weighted by Crippen LogP contribution is 2.27. The minimum absolute atomic E-state index is 0.133. The van der Waals surface area contributed by atoms with Crippen LogP contribution in [0.25, 0.3) is 0 Å². The first kappa shape index (κ1) is 11.1. The first-order valence-corrected chi connectivity index (χ1v) is 6.38. The van der Waals surface area contributed by atoms with Crippen LogP contribution in [0, 0.1) is 0 Å². The molecule has 0 aromatic heterocycles. The second-order valence-electron chi connectivity index (χ2n) is 3.82. The Labute approximate surface area is 94.4 Å². The monoisotopic (exact) mass is 239 g/mol. The van der Waals surface area contributed by atoms with Crippen LogP contribution in [0.15, 0.2) is 33.6 Å². The second-order valence-corrected chi connectivity index (χ2v) is 5.39. The van der Waals surface area contributed by atoms with Crippen molar-refractivity contribution in [3.05, 3.63) is 24.3 Å². The van der Waals surface area contributed by atoms with Crippen molar-refractivity contribution < 1.29 is 8.42 Å². The van der Waals surface area contributed by atoms with Crippen LogP contribution in [0.2, 0.25) is 0 Å². The molecule has 0 saturated carbocycles. The molecule has 1 atom stereocenters. The van der Waals surface area contributed by atoms with Crippen LogP contribution in [0.1, 0.15) is 13.3 Å². The molecule has 1 aliphatic heterocycles. The summed E-state index contributed by atoms with van der Waals surface area (Å²) in [5, 5.41) is 2.97. The predicted molar refractivity (Wildman–Crippen MR) is 63.0 cm³/mol. The van der Waals surface area contributed by atoms with Gasteiger partial charge in [0.25, 0.3) is 10.0 Å². The van der Waals surface area contributed by atoms with Gasteiger partial charge in [-0.1, -0.05) is 12.1 Å². The van der Waals surface area contributed by atoms with E-state index >= 15 is 0 Å². The van der Waals surface area contributed by atoms with Crippen molar-refractivity contribution >= 4 is 21.5 Å². The molecule has 1 aromatic rings. The molecule has 0 radical (unpaired) electrons. The van der Waals surface area contributed by atoms with Gasteiger partial charge in [-0.25, -0.2) is 0 Å². The Balaban J connectivity index is 2.44. The number of fused-ring (bicyclic) bond motifs is 1. The molecular weight excluding hydrogens is 226 g/mol. The van der Waals surface area contributed by atoms with Crippen molar-refractivity contribution in [2.45, 2.75) is 24.3 Å². The molecule has 1 aliphatic rings. The van der Waals surface area contributed by atoms with E-state index in [0.717, 1.165) is 0 Å². The third-order valence-corrected chi connectivity index (χ3v) is 3.56. The van der Waals surface area contributed by atoms with Gasteiger partial charge in [-0.3, -0.25) is 0 Å². The lowest BCUT2D eigenvalue weighted by Gasteiger charge is -2.18. The standard InChI is InChI=1S/C10H13N3O2S/c1-7(11)6-10-12-8-4-2-3-5-9(8)16(14,15)13-10/h2-5,7H,6,11H2,1H3,(H,12,13). The van der Waals surface area contributed by atoms with E-state index in [2.05, 4.69) is 9.71 Å². The van der Waals surface area contributed by atoms with E-state index in [4.69, 9.17) is 5.73 Å². The van der Waals surface area contributed by atoms with Gasteiger partial charge in [-0.15, -0.1) is 4.40 Å². The summed E-state index contributed by atoms with van der Waals surface area (Å²) in [5.41, 5.74) is 6.18. The van der Waals surface area contributed by atoms with Crippen LogP contribution < -0.4 is 11.1 Å². The van der Waals surface area contributed by atoms with E-state index in [1.807, 2.05) is 0 Å². The van der Waals surface area contributed by atoms with Crippen LogP contribution >= 0.6 is 0 Å². The zero-order chi connectivity index (χ0) is 11.8. The van der Waals surface area contributed by atoms with E-state index in [0.29, 0.717) is 17.9 Å². The Kier molecular flexibility index (Phi) is 2.69. The molecule has 1 unspecified atom stereocenters. The molecule has 86 valence electrons. The van der Waals surface area contributed by atoms with Crippen molar-refractivity contribution in [1.82, 2.24) is 0 Å². The molecule has 2 rings (SSSR count). The lowest BCUT2D eigenvalue weighted by molar-refractivity contribution is 0.597. The van der Waals surface area contributed by atoms with E-state index in [9.17, 15) is 8.42 Å². The van der Waals surface area contributed by atoms with Gasteiger partial charge in [0.1, 0.15) is 10.7 Å². The Morgan fingerprint density at radius 3 is 2.81 bits per heavy atom. The summed E-state index contributed by atoms with van der Waals surface area (Å²) in [6.45, 7) is 1.80. The summed E-state index contributed by atoms with van der Waals surface area (Å²) in [5.74, 6) is 0.397. The Morgan fingerprint density at radius 1 is 1.44 bits per heavy atom. The summed E-state index contributed by atoms with van der Waals surface area (Å²) in [6.07, 6.45) is 0.410. The number of nitrogens with zero attached hydrogens (tertiary/aromatic N) is 1. The minimum atomic E-state index is -3.57. The van der Waals surface area contributed by atoms with Gasteiger partial charge in [0.15, 0.2) is 0 Å². The summed E-state index contributed by atoms with van der Waals surface area (Å²) in [7, 11) is -3.57. The fraction of sp³-hybridized carbons (Fsp3) is 0.300. The van der Waals surface area contributed by atoms with Gasteiger partial charge in [0, 0.05) is 12.5 Å². The van der Waals surface area contributed by atoms with Gasteiger partial charge in [0.2, 0.25) is 0 Å². The topological polar surface area (TPSA) is 84.5 Å². The quantitative estimate of drug-likeness (QED) is 0.804. The molecule has 6 heteroatoms. The molecule has 1 aromatic carbocycles. The normalized spacial score (nSPS) is 19.2. The largest absolute Gasteiger partial charge is 0.342 e. The molecule has 0 bridgehead atoms. The number of nitrogens with two attached hydrogens (primary N) is 1. The molecular formula is C10H13N3O2S. The molecule has 5 nitrogen and oxygen atoms in total. The second kappa shape index (κ2) is 3.88. The lowest BCUT2D eigenvalue weighted by atomic mass is 10.2. The smallest absolute Gasteiger partial charge is 0.286 e. The highest BCUT2D eigenvalue weighted by atomic mass is 32.2. The first-order chi connectivity index (χ1) is 7.49. The SMILES string of the molecule is CC(N)CC1=NS(=O)(=O)c2ccccc2N1. The summed E-state index contributed by atoms with van der Waals surface area (Å²) >= 11 is 0. The number of benzene rings is 1. The van der Waals surface area contributed by atoms with Gasteiger partial charge < -0.3 is 11.1 Å². The maximum atomic E-state index is 11.8. The first-order valence-electron chi connectivity index (χ1n) is 4.94. The Bertz CT molecular complexity index is 535. The zero-order valence-electron chi connectivity index (χ0n) is 8.84. The van der Waals surface area contributed by atoms with Crippen LogP contribution in [-0.4, -0.2) is 20.3 Å². The number of hydrogen-bond donors (Lipinski definition) is 2. The van der Waals surface area contributed by atoms with Gasteiger partial charge >= 0.3 is 0 Å². The zero-order valence-corrected chi connectivity index (χ0v) is 9.66. The fourth-order valence-electron chi connectivity index (χ4n) is 1.56. The van der Waals surface area contributed by atoms with Crippen molar-refractivity contribution in [2.75, 3.05) is 5.32 Å². The number of anilines is 1. The Morgan fingerprint density at radius 2 is 2.12 bits per heavy atom. The van der Waals surface area contributed by atoms with Crippen LogP contribution in [0.4, 0.5) is 5.69 Å². The molecule has 0 spiro atoms. The highest BCUT2D eigenvalue weighted by molar-refractivity contribution is 7.90. The highest BCUT2D eigenvalue weighted by Gasteiger charge is 2.24. The summed E-state index contributed by atoms with van der Waals surface area (Å²) in [4.78, 5) is 0.212. The van der Waals surface area contributed by atoms with E-state index in [1.165, 1.54) is 6.07 Å². The van der Waals surface area contributed by atoms with Crippen molar-refractivity contribution in [2.24, 2.45) is 10.1 Å². The summed E-state index contributed by atoms with van der Waals surface area (Å²) < 4.78 is 27.3. The average Bonchev–Trinajstić information content (AvgIpc) is 2.15.